The Morgan fingerprint density at radius 1 is 1.26 bits per heavy atom. The quantitative estimate of drug-likeness (QED) is 0.795. The van der Waals surface area contributed by atoms with Crippen LogP contribution in [0.25, 0.3) is 0 Å². The lowest BCUT2D eigenvalue weighted by Gasteiger charge is -2.23. The second-order valence-electron chi connectivity index (χ2n) is 6.23. The van der Waals surface area contributed by atoms with Gasteiger partial charge in [0.25, 0.3) is 0 Å². The molecule has 2 amide bonds. The number of nitrogens with one attached hydrogen (secondary N) is 1. The van der Waals surface area contributed by atoms with Crippen molar-refractivity contribution in [2.24, 2.45) is 11.7 Å². The van der Waals surface area contributed by atoms with Gasteiger partial charge < -0.3 is 15.6 Å². The van der Waals surface area contributed by atoms with Gasteiger partial charge in [0.2, 0.25) is 11.8 Å². The average molecular weight is 339 g/mol. The smallest absolute Gasteiger partial charge is 0.307 e. The van der Waals surface area contributed by atoms with E-state index >= 15 is 0 Å². The lowest BCUT2D eigenvalue weighted by Crippen LogP contribution is -2.45. The first-order chi connectivity index (χ1) is 10.9. The van der Waals surface area contributed by atoms with Crippen LogP contribution in [0.3, 0.4) is 0 Å². The summed E-state index contributed by atoms with van der Waals surface area (Å²) in [5, 5.41) is 2.95. The number of nitrogens with two attached hydrogens (primary N) is 1. The van der Waals surface area contributed by atoms with Gasteiger partial charge in [0, 0.05) is 29.6 Å². The molecular weight excluding hydrogens is 314 g/mol. The van der Waals surface area contributed by atoms with Crippen molar-refractivity contribution >= 4 is 23.2 Å². The number of thiazole rings is 1. The molecule has 1 aliphatic rings. The number of rotatable bonds is 5. The van der Waals surface area contributed by atoms with Crippen LogP contribution in [0, 0.1) is 19.8 Å². The molecule has 0 spiro atoms. The molecule has 1 saturated carbocycles. The number of hydrogen-bond donors (Lipinski definition) is 2. The highest BCUT2D eigenvalue weighted by molar-refractivity contribution is 7.09. The van der Waals surface area contributed by atoms with Crippen molar-refractivity contribution in [1.82, 2.24) is 9.88 Å². The van der Waals surface area contributed by atoms with E-state index in [-0.39, 0.29) is 35.1 Å². The SMILES string of the molecule is Cc1sc(=O)n(CCC(=O)N[C@H]2CCCCC[C@H]2C(N)=O)c1C. The van der Waals surface area contributed by atoms with E-state index in [1.165, 1.54) is 11.3 Å². The second-order valence-corrected chi connectivity index (χ2v) is 7.40. The fraction of sp³-hybridized carbons (Fsp3) is 0.688. The van der Waals surface area contributed by atoms with Crippen LogP contribution in [0.2, 0.25) is 0 Å². The number of carbonyl (C=O) groups is 2. The Hall–Kier alpha value is -1.63. The zero-order valence-corrected chi connectivity index (χ0v) is 14.6. The van der Waals surface area contributed by atoms with Crippen LogP contribution >= 0.6 is 11.3 Å². The topological polar surface area (TPSA) is 94.2 Å². The fourth-order valence-corrected chi connectivity index (χ4v) is 4.02. The van der Waals surface area contributed by atoms with Crippen LogP contribution in [0.5, 0.6) is 0 Å². The molecule has 1 fully saturated rings. The van der Waals surface area contributed by atoms with Crippen molar-refractivity contribution in [3.8, 4) is 0 Å². The molecule has 23 heavy (non-hydrogen) atoms. The molecule has 0 saturated heterocycles. The number of hydrogen-bond acceptors (Lipinski definition) is 4. The summed E-state index contributed by atoms with van der Waals surface area (Å²) in [6, 6.07) is -0.176. The summed E-state index contributed by atoms with van der Waals surface area (Å²) in [4.78, 5) is 36.6. The number of primary amides is 1. The third-order valence-electron chi connectivity index (χ3n) is 4.67. The van der Waals surface area contributed by atoms with Crippen LogP contribution in [-0.2, 0) is 16.1 Å². The van der Waals surface area contributed by atoms with Gasteiger partial charge in [-0.3, -0.25) is 14.4 Å². The van der Waals surface area contributed by atoms with Gasteiger partial charge in [0.1, 0.15) is 0 Å². The summed E-state index contributed by atoms with van der Waals surface area (Å²) in [5.74, 6) is -0.745. The minimum absolute atomic E-state index is 0.0303. The molecule has 0 radical (unpaired) electrons. The Kier molecular flexibility index (Phi) is 5.98. The van der Waals surface area contributed by atoms with Crippen LogP contribution in [0.1, 0.15) is 49.1 Å². The molecule has 1 aromatic heterocycles. The summed E-state index contributed by atoms with van der Waals surface area (Å²) >= 11 is 1.20. The molecule has 0 unspecified atom stereocenters. The number of aryl methyl sites for hydroxylation is 1. The van der Waals surface area contributed by atoms with E-state index in [2.05, 4.69) is 5.32 Å². The minimum atomic E-state index is -0.335. The van der Waals surface area contributed by atoms with Gasteiger partial charge in [-0.05, 0) is 26.7 Å². The maximum atomic E-state index is 12.2. The van der Waals surface area contributed by atoms with Crippen molar-refractivity contribution in [3.05, 3.63) is 20.2 Å². The summed E-state index contributed by atoms with van der Waals surface area (Å²) in [5.41, 5.74) is 6.39. The van der Waals surface area contributed by atoms with Crippen molar-refractivity contribution in [2.45, 2.75) is 65.0 Å². The Morgan fingerprint density at radius 2 is 1.96 bits per heavy atom. The largest absolute Gasteiger partial charge is 0.369 e. The van der Waals surface area contributed by atoms with Gasteiger partial charge in [0.05, 0.1) is 5.92 Å². The number of amides is 2. The van der Waals surface area contributed by atoms with E-state index in [0.717, 1.165) is 42.7 Å². The molecule has 0 bridgehead atoms. The minimum Gasteiger partial charge on any atom is -0.369 e. The summed E-state index contributed by atoms with van der Waals surface area (Å²) in [7, 11) is 0. The molecule has 2 atom stereocenters. The third-order valence-corrected chi connectivity index (χ3v) is 5.66. The maximum absolute atomic E-state index is 12.2. The van der Waals surface area contributed by atoms with Gasteiger partial charge >= 0.3 is 4.87 Å². The predicted molar refractivity (Wildman–Crippen MR) is 90.4 cm³/mol. The highest BCUT2D eigenvalue weighted by Gasteiger charge is 2.29. The average Bonchev–Trinajstić information content (AvgIpc) is 2.67. The monoisotopic (exact) mass is 339 g/mol. The summed E-state index contributed by atoms with van der Waals surface area (Å²) in [6.45, 7) is 4.16. The van der Waals surface area contributed by atoms with Crippen molar-refractivity contribution in [1.29, 1.82) is 0 Å². The fourth-order valence-electron chi connectivity index (χ4n) is 3.16. The molecular formula is C16H25N3O3S. The first-order valence-electron chi connectivity index (χ1n) is 8.15. The zero-order chi connectivity index (χ0) is 17.0. The standard InChI is InChI=1S/C16H25N3O3S/c1-10-11(2)23-16(22)19(10)9-8-14(20)18-13-7-5-3-4-6-12(13)15(17)21/h12-13H,3-9H2,1-2H3,(H2,17,21)(H,18,20)/t12-,13+/m1/s1. The second kappa shape index (κ2) is 7.77. The van der Waals surface area contributed by atoms with Crippen molar-refractivity contribution in [2.75, 3.05) is 0 Å². The summed E-state index contributed by atoms with van der Waals surface area (Å²) in [6.07, 6.45) is 4.80. The molecule has 0 aromatic carbocycles. The van der Waals surface area contributed by atoms with Crippen molar-refractivity contribution < 1.29 is 9.59 Å². The lowest BCUT2D eigenvalue weighted by molar-refractivity contribution is -0.125. The molecule has 1 aromatic rings. The van der Waals surface area contributed by atoms with Gasteiger partial charge in [-0.1, -0.05) is 30.6 Å². The van der Waals surface area contributed by atoms with E-state index in [9.17, 15) is 14.4 Å². The molecule has 7 heteroatoms. The molecule has 1 heterocycles. The number of carbonyl (C=O) groups excluding carboxylic acids is 2. The van der Waals surface area contributed by atoms with Gasteiger partial charge in [-0.25, -0.2) is 0 Å². The van der Waals surface area contributed by atoms with E-state index in [0.29, 0.717) is 6.54 Å². The Bertz CT molecular complexity index is 635. The van der Waals surface area contributed by atoms with E-state index < -0.39 is 0 Å². The first-order valence-corrected chi connectivity index (χ1v) is 8.97. The van der Waals surface area contributed by atoms with Crippen molar-refractivity contribution in [3.63, 3.8) is 0 Å². The lowest BCUT2D eigenvalue weighted by atomic mass is 9.94. The molecule has 2 rings (SSSR count). The Balaban J connectivity index is 1.95. The normalized spacial score (nSPS) is 21.7. The molecule has 128 valence electrons. The molecule has 0 aliphatic heterocycles. The van der Waals surface area contributed by atoms with E-state index in [1.807, 2.05) is 13.8 Å². The molecule has 1 aliphatic carbocycles. The Morgan fingerprint density at radius 3 is 2.57 bits per heavy atom. The van der Waals surface area contributed by atoms with Gasteiger partial charge in [-0.2, -0.15) is 0 Å². The number of aromatic nitrogens is 1. The van der Waals surface area contributed by atoms with Crippen LogP contribution in [0.4, 0.5) is 0 Å². The predicted octanol–water partition coefficient (Wildman–Crippen LogP) is 1.47. The number of nitrogens with zero attached hydrogens (tertiary/aromatic N) is 1. The third kappa shape index (κ3) is 4.43. The first kappa shape index (κ1) is 17.7. The highest BCUT2D eigenvalue weighted by Crippen LogP contribution is 2.23. The zero-order valence-electron chi connectivity index (χ0n) is 13.8. The van der Waals surface area contributed by atoms with E-state index in [4.69, 9.17) is 5.73 Å². The van der Waals surface area contributed by atoms with Gasteiger partial charge in [-0.15, -0.1) is 0 Å². The van der Waals surface area contributed by atoms with Crippen LogP contribution in [0.15, 0.2) is 4.79 Å². The molecule has 3 N–H and O–H groups in total. The van der Waals surface area contributed by atoms with Crippen LogP contribution < -0.4 is 15.9 Å². The van der Waals surface area contributed by atoms with E-state index in [1.54, 1.807) is 4.57 Å². The van der Waals surface area contributed by atoms with Gasteiger partial charge in [0.15, 0.2) is 0 Å². The molecule has 6 nitrogen and oxygen atoms in total. The maximum Gasteiger partial charge on any atom is 0.307 e. The highest BCUT2D eigenvalue weighted by atomic mass is 32.1. The van der Waals surface area contributed by atoms with Crippen LogP contribution in [-0.4, -0.2) is 22.4 Å². The summed E-state index contributed by atoms with van der Waals surface area (Å²) < 4.78 is 1.64. The Labute approximate surface area is 140 Å².